The molecule has 0 saturated carbocycles. The molecule has 1 aliphatic heterocycles. The molecule has 2 rings (SSSR count). The number of rotatable bonds is 5. The Morgan fingerprint density at radius 2 is 1.95 bits per heavy atom. The number of hydrogen-bond donors (Lipinski definition) is 1. The largest absolute Gasteiger partial charge is 0.383 e. The Balaban J connectivity index is 1.95. The summed E-state index contributed by atoms with van der Waals surface area (Å²) in [6.45, 7) is 10.1. The molecule has 4 heteroatoms. The number of anilines is 1. The molecule has 0 spiro atoms. The zero-order valence-electron chi connectivity index (χ0n) is 13.3. The fourth-order valence-electron chi connectivity index (χ4n) is 2.86. The minimum atomic E-state index is 0.532. The minimum Gasteiger partial charge on any atom is -0.383 e. The van der Waals surface area contributed by atoms with E-state index in [1.165, 1.54) is 0 Å². The smallest absolute Gasteiger partial charge is 0.0992 e. The first-order chi connectivity index (χ1) is 10.1. The molecule has 0 bridgehead atoms. The van der Waals surface area contributed by atoms with Crippen LogP contribution in [0.3, 0.4) is 0 Å². The molecule has 1 atom stereocenters. The van der Waals surface area contributed by atoms with Crippen molar-refractivity contribution in [2.75, 3.05) is 45.1 Å². The fraction of sp³-hybridized carbons (Fsp3) is 0.588. The maximum absolute atomic E-state index is 8.97. The van der Waals surface area contributed by atoms with E-state index in [9.17, 15) is 0 Å². The normalized spacial score (nSPS) is 18.4. The molecule has 1 N–H and O–H groups in total. The van der Waals surface area contributed by atoms with Crippen LogP contribution in [-0.2, 0) is 0 Å². The summed E-state index contributed by atoms with van der Waals surface area (Å²) >= 11 is 0. The van der Waals surface area contributed by atoms with Crippen LogP contribution in [0.2, 0.25) is 0 Å². The SMILES string of the molecule is CC(C)C(CNc1cccc(C#N)c1)N1CCN(C)CC1. The van der Waals surface area contributed by atoms with Crippen molar-refractivity contribution in [2.45, 2.75) is 19.9 Å². The number of likely N-dealkylation sites (N-methyl/N-ethyl adjacent to an activating group) is 1. The quantitative estimate of drug-likeness (QED) is 0.901. The lowest BCUT2D eigenvalue weighted by molar-refractivity contribution is 0.0944. The summed E-state index contributed by atoms with van der Waals surface area (Å²) in [6, 6.07) is 10.4. The third kappa shape index (κ3) is 4.45. The predicted molar refractivity (Wildman–Crippen MR) is 87.3 cm³/mol. The number of nitrogens with zero attached hydrogens (tertiary/aromatic N) is 3. The van der Waals surface area contributed by atoms with Gasteiger partial charge in [0, 0.05) is 44.5 Å². The molecule has 1 aliphatic rings. The van der Waals surface area contributed by atoms with Gasteiger partial charge >= 0.3 is 0 Å². The first kappa shape index (κ1) is 15.8. The molecule has 0 aromatic heterocycles. The van der Waals surface area contributed by atoms with E-state index in [1.54, 1.807) is 0 Å². The van der Waals surface area contributed by atoms with Crippen molar-refractivity contribution in [1.29, 1.82) is 5.26 Å². The van der Waals surface area contributed by atoms with Crippen molar-refractivity contribution in [3.63, 3.8) is 0 Å². The molecule has 0 amide bonds. The van der Waals surface area contributed by atoms with Gasteiger partial charge in [-0.1, -0.05) is 19.9 Å². The van der Waals surface area contributed by atoms with Gasteiger partial charge in [-0.25, -0.2) is 0 Å². The Labute approximate surface area is 128 Å². The Hall–Kier alpha value is -1.57. The van der Waals surface area contributed by atoms with Crippen LogP contribution in [0.5, 0.6) is 0 Å². The van der Waals surface area contributed by atoms with Gasteiger partial charge in [-0.15, -0.1) is 0 Å². The predicted octanol–water partition coefficient (Wildman–Crippen LogP) is 2.24. The lowest BCUT2D eigenvalue weighted by Gasteiger charge is -2.40. The van der Waals surface area contributed by atoms with Crippen molar-refractivity contribution >= 4 is 5.69 Å². The Morgan fingerprint density at radius 1 is 1.24 bits per heavy atom. The molecule has 21 heavy (non-hydrogen) atoms. The van der Waals surface area contributed by atoms with E-state index in [0.717, 1.165) is 38.4 Å². The minimum absolute atomic E-state index is 0.532. The fourth-order valence-corrected chi connectivity index (χ4v) is 2.86. The highest BCUT2D eigenvalue weighted by atomic mass is 15.3. The van der Waals surface area contributed by atoms with E-state index < -0.39 is 0 Å². The average molecular weight is 286 g/mol. The number of nitriles is 1. The maximum Gasteiger partial charge on any atom is 0.0992 e. The third-order valence-electron chi connectivity index (χ3n) is 4.28. The van der Waals surface area contributed by atoms with Gasteiger partial charge in [-0.05, 0) is 31.2 Å². The van der Waals surface area contributed by atoms with E-state index in [2.05, 4.69) is 42.1 Å². The molecule has 1 saturated heterocycles. The second-order valence-corrected chi connectivity index (χ2v) is 6.22. The molecular weight excluding hydrogens is 260 g/mol. The van der Waals surface area contributed by atoms with Crippen LogP contribution in [-0.4, -0.2) is 55.6 Å². The second-order valence-electron chi connectivity index (χ2n) is 6.22. The molecule has 1 fully saturated rings. The lowest BCUT2D eigenvalue weighted by atomic mass is 10.0. The molecule has 1 aromatic carbocycles. The van der Waals surface area contributed by atoms with E-state index in [4.69, 9.17) is 5.26 Å². The third-order valence-corrected chi connectivity index (χ3v) is 4.28. The summed E-state index contributed by atoms with van der Waals surface area (Å²) in [4.78, 5) is 4.98. The van der Waals surface area contributed by atoms with Crippen LogP contribution in [0.4, 0.5) is 5.69 Å². The van der Waals surface area contributed by atoms with E-state index in [1.807, 2.05) is 24.3 Å². The average Bonchev–Trinajstić information content (AvgIpc) is 2.49. The molecule has 0 aliphatic carbocycles. The van der Waals surface area contributed by atoms with Crippen molar-refractivity contribution < 1.29 is 0 Å². The summed E-state index contributed by atoms with van der Waals surface area (Å²) in [5.74, 6) is 0.611. The van der Waals surface area contributed by atoms with E-state index in [0.29, 0.717) is 17.5 Å². The van der Waals surface area contributed by atoms with Gasteiger partial charge < -0.3 is 10.2 Å². The first-order valence-electron chi connectivity index (χ1n) is 7.77. The van der Waals surface area contributed by atoms with E-state index in [-0.39, 0.29) is 0 Å². The second kappa shape index (κ2) is 7.44. The highest BCUT2D eigenvalue weighted by Gasteiger charge is 2.24. The number of piperazine rings is 1. The molecule has 0 radical (unpaired) electrons. The molecule has 1 heterocycles. The number of hydrogen-bond acceptors (Lipinski definition) is 4. The van der Waals surface area contributed by atoms with Gasteiger partial charge in [0.05, 0.1) is 11.6 Å². The summed E-state index contributed by atoms with van der Waals surface area (Å²) in [6.07, 6.45) is 0. The number of benzene rings is 1. The van der Waals surface area contributed by atoms with Crippen molar-refractivity contribution in [3.8, 4) is 6.07 Å². The Bertz CT molecular complexity index is 484. The highest BCUT2D eigenvalue weighted by Crippen LogP contribution is 2.16. The summed E-state index contributed by atoms with van der Waals surface area (Å²) < 4.78 is 0. The van der Waals surface area contributed by atoms with E-state index >= 15 is 0 Å². The Morgan fingerprint density at radius 3 is 2.57 bits per heavy atom. The van der Waals surface area contributed by atoms with Gasteiger partial charge in [0.2, 0.25) is 0 Å². The van der Waals surface area contributed by atoms with Gasteiger partial charge in [0.15, 0.2) is 0 Å². The van der Waals surface area contributed by atoms with Gasteiger partial charge in [-0.2, -0.15) is 5.26 Å². The standard InChI is InChI=1S/C17H26N4/c1-14(2)17(21-9-7-20(3)8-10-21)13-19-16-6-4-5-15(11-16)12-18/h4-6,11,14,17,19H,7-10,13H2,1-3H3. The maximum atomic E-state index is 8.97. The molecule has 1 aromatic rings. The van der Waals surface area contributed by atoms with Gasteiger partial charge in [0.25, 0.3) is 0 Å². The summed E-state index contributed by atoms with van der Waals surface area (Å²) in [5, 5.41) is 12.5. The van der Waals surface area contributed by atoms with Crippen molar-refractivity contribution in [3.05, 3.63) is 29.8 Å². The van der Waals surface area contributed by atoms with Crippen LogP contribution in [0.25, 0.3) is 0 Å². The van der Waals surface area contributed by atoms with Crippen LogP contribution in [0, 0.1) is 17.2 Å². The Kier molecular flexibility index (Phi) is 5.60. The van der Waals surface area contributed by atoms with Crippen molar-refractivity contribution in [1.82, 2.24) is 9.80 Å². The van der Waals surface area contributed by atoms with Crippen molar-refractivity contribution in [2.24, 2.45) is 5.92 Å². The van der Waals surface area contributed by atoms with Gasteiger partial charge in [0.1, 0.15) is 0 Å². The van der Waals surface area contributed by atoms with Gasteiger partial charge in [-0.3, -0.25) is 4.90 Å². The first-order valence-corrected chi connectivity index (χ1v) is 7.77. The van der Waals surface area contributed by atoms with Crippen LogP contribution < -0.4 is 5.32 Å². The monoisotopic (exact) mass is 286 g/mol. The summed E-state index contributed by atoms with van der Waals surface area (Å²) in [5.41, 5.74) is 1.74. The lowest BCUT2D eigenvalue weighted by Crippen LogP contribution is -2.52. The number of nitrogens with one attached hydrogen (secondary N) is 1. The van der Waals surface area contributed by atoms with Crippen LogP contribution in [0.1, 0.15) is 19.4 Å². The molecule has 1 unspecified atom stereocenters. The topological polar surface area (TPSA) is 42.3 Å². The zero-order chi connectivity index (χ0) is 15.2. The summed E-state index contributed by atoms with van der Waals surface area (Å²) in [7, 11) is 2.19. The highest BCUT2D eigenvalue weighted by molar-refractivity contribution is 5.49. The zero-order valence-corrected chi connectivity index (χ0v) is 13.3. The molecule has 4 nitrogen and oxygen atoms in total. The molecular formula is C17H26N4. The van der Waals surface area contributed by atoms with Crippen LogP contribution in [0.15, 0.2) is 24.3 Å². The van der Waals surface area contributed by atoms with Crippen LogP contribution >= 0.6 is 0 Å². The molecule has 114 valence electrons.